The molecule has 46 heavy (non-hydrogen) atoms. The zero-order chi connectivity index (χ0) is 32.8. The zero-order valence-corrected chi connectivity index (χ0v) is 29.8. The van der Waals surface area contributed by atoms with Gasteiger partial charge in [0.25, 0.3) is 0 Å². The third-order valence-electron chi connectivity index (χ3n) is 15.6. The fraction of sp³-hybridized carbons (Fsp3) is 0.780. The van der Waals surface area contributed by atoms with Gasteiger partial charge in [-0.05, 0) is 103 Å². The van der Waals surface area contributed by atoms with E-state index >= 15 is 0 Å². The maximum absolute atomic E-state index is 13.6. The van der Waals surface area contributed by atoms with Crippen LogP contribution in [0.25, 0.3) is 0 Å². The molecule has 1 aliphatic heterocycles. The van der Waals surface area contributed by atoms with Crippen LogP contribution < -0.4 is 0 Å². The Bertz CT molecular complexity index is 1330. The maximum atomic E-state index is 13.6. The first-order valence-electron chi connectivity index (χ1n) is 18.6. The van der Waals surface area contributed by atoms with E-state index < -0.39 is 5.60 Å². The topological polar surface area (TPSA) is 59.0 Å². The molecule has 4 saturated carbocycles. The average Bonchev–Trinajstić information content (AvgIpc) is 3.03. The van der Waals surface area contributed by atoms with Gasteiger partial charge in [0.15, 0.2) is 0 Å². The lowest BCUT2D eigenvalue weighted by atomic mass is 9.34. The van der Waals surface area contributed by atoms with E-state index in [1.807, 2.05) is 0 Å². The summed E-state index contributed by atoms with van der Waals surface area (Å²) < 4.78 is 11.3. The minimum Gasteiger partial charge on any atom is -0.469 e. The molecule has 0 spiro atoms. The van der Waals surface area contributed by atoms with Crippen LogP contribution in [0.4, 0.5) is 0 Å². The molecule has 0 radical (unpaired) electrons. The minimum absolute atomic E-state index is 0.0444. The van der Waals surface area contributed by atoms with Crippen molar-refractivity contribution in [1.29, 1.82) is 0 Å². The van der Waals surface area contributed by atoms with Crippen LogP contribution in [-0.2, 0) is 19.9 Å². The monoisotopic (exact) mass is 631 g/mol. The van der Waals surface area contributed by atoms with E-state index in [4.69, 9.17) is 9.47 Å². The summed E-state index contributed by atoms with van der Waals surface area (Å²) in [5.74, 6) is 2.37. The van der Waals surface area contributed by atoms with E-state index in [1.165, 1.54) is 6.42 Å². The van der Waals surface area contributed by atoms with Gasteiger partial charge < -0.3 is 14.6 Å². The number of rotatable bonds is 4. The molecule has 1 heterocycles. The molecular formula is C41H61NO4. The Morgan fingerprint density at radius 1 is 0.891 bits per heavy atom. The SMILES string of the molecule is COC(=O)[C@@]12CCC3C(C=CC4[C@@]3(C)CCC3C(C)(C)[C@](O)(c5ccccc5)C(CN5CCOCC5)C[C@@]34C)C1CC(C)(C)CC2. The van der Waals surface area contributed by atoms with Crippen LogP contribution in [0, 0.1) is 62.6 Å². The Kier molecular flexibility index (Phi) is 7.97. The second kappa shape index (κ2) is 11.2. The van der Waals surface area contributed by atoms with Crippen LogP contribution in [0.1, 0.15) is 98.5 Å². The normalized spacial score (nSPS) is 46.3. The molecule has 10 atom stereocenters. The number of benzene rings is 1. The van der Waals surface area contributed by atoms with Gasteiger partial charge >= 0.3 is 5.97 Å². The summed E-state index contributed by atoms with van der Waals surface area (Å²) in [7, 11) is 1.60. The van der Waals surface area contributed by atoms with Crippen LogP contribution in [0.5, 0.6) is 0 Å². The van der Waals surface area contributed by atoms with Crippen molar-refractivity contribution in [3.63, 3.8) is 0 Å². The summed E-state index contributed by atoms with van der Waals surface area (Å²) in [6.07, 6.45) is 13.9. The van der Waals surface area contributed by atoms with E-state index in [2.05, 4.69) is 88.9 Å². The summed E-state index contributed by atoms with van der Waals surface area (Å²) in [5.41, 5.74) is 0.0340. The van der Waals surface area contributed by atoms with E-state index in [0.717, 1.165) is 83.4 Å². The fourth-order valence-electron chi connectivity index (χ4n) is 13.5. The molecule has 6 unspecified atom stereocenters. The molecule has 6 aliphatic rings. The molecule has 7 rings (SSSR count). The highest BCUT2D eigenvalue weighted by atomic mass is 16.5. The highest BCUT2D eigenvalue weighted by molar-refractivity contribution is 5.77. The molecule has 5 aliphatic carbocycles. The third-order valence-corrected chi connectivity index (χ3v) is 15.6. The largest absolute Gasteiger partial charge is 0.469 e. The predicted molar refractivity (Wildman–Crippen MR) is 183 cm³/mol. The number of morpholine rings is 1. The number of aliphatic hydroxyl groups is 1. The van der Waals surface area contributed by atoms with Gasteiger partial charge in [-0.1, -0.05) is 84.0 Å². The predicted octanol–water partition coefficient (Wildman–Crippen LogP) is 7.87. The van der Waals surface area contributed by atoms with Crippen molar-refractivity contribution in [2.75, 3.05) is 40.0 Å². The van der Waals surface area contributed by atoms with Crippen molar-refractivity contribution in [1.82, 2.24) is 4.90 Å². The van der Waals surface area contributed by atoms with Crippen LogP contribution in [0.15, 0.2) is 42.5 Å². The fourth-order valence-corrected chi connectivity index (χ4v) is 13.5. The molecule has 5 nitrogen and oxygen atoms in total. The number of methoxy groups -OCH3 is 1. The van der Waals surface area contributed by atoms with Crippen LogP contribution >= 0.6 is 0 Å². The first-order chi connectivity index (χ1) is 21.7. The second-order valence-corrected chi connectivity index (χ2v) is 18.5. The highest BCUT2D eigenvalue weighted by Gasteiger charge is 2.70. The van der Waals surface area contributed by atoms with Gasteiger partial charge in [0.05, 0.1) is 31.3 Å². The molecule has 254 valence electrons. The number of ether oxygens (including phenoxy) is 2. The molecule has 5 heteroatoms. The Morgan fingerprint density at radius 3 is 2.30 bits per heavy atom. The first-order valence-corrected chi connectivity index (χ1v) is 18.6. The maximum Gasteiger partial charge on any atom is 0.312 e. The number of carbonyl (C=O) groups is 1. The summed E-state index contributed by atoms with van der Waals surface area (Å²) in [5, 5.41) is 13.2. The molecular weight excluding hydrogens is 570 g/mol. The Hall–Kier alpha value is -1.69. The van der Waals surface area contributed by atoms with Gasteiger partial charge in [0.1, 0.15) is 0 Å². The van der Waals surface area contributed by atoms with E-state index in [1.54, 1.807) is 7.11 Å². The first kappa shape index (κ1) is 32.8. The number of hydrogen-bond donors (Lipinski definition) is 1. The van der Waals surface area contributed by atoms with Crippen molar-refractivity contribution in [2.24, 2.45) is 62.6 Å². The van der Waals surface area contributed by atoms with Crippen LogP contribution in [-0.4, -0.2) is 55.9 Å². The summed E-state index contributed by atoms with van der Waals surface area (Å²) in [6, 6.07) is 10.6. The van der Waals surface area contributed by atoms with Gasteiger partial charge in [-0.15, -0.1) is 0 Å². The molecule has 1 aromatic carbocycles. The smallest absolute Gasteiger partial charge is 0.312 e. The van der Waals surface area contributed by atoms with Crippen molar-refractivity contribution >= 4 is 5.97 Å². The van der Waals surface area contributed by atoms with Crippen LogP contribution in [0.3, 0.4) is 0 Å². The Morgan fingerprint density at radius 2 is 1.61 bits per heavy atom. The quantitative estimate of drug-likeness (QED) is 0.271. The highest BCUT2D eigenvalue weighted by Crippen LogP contribution is 2.74. The number of nitrogens with zero attached hydrogens (tertiary/aromatic N) is 1. The van der Waals surface area contributed by atoms with Gasteiger partial charge in [0, 0.05) is 31.0 Å². The molecule has 0 aromatic heterocycles. The number of esters is 1. The number of fused-ring (bicyclic) bond motifs is 7. The van der Waals surface area contributed by atoms with Gasteiger partial charge in [0.2, 0.25) is 0 Å². The van der Waals surface area contributed by atoms with Gasteiger partial charge in [-0.25, -0.2) is 0 Å². The third kappa shape index (κ3) is 4.60. The molecule has 1 saturated heterocycles. The zero-order valence-electron chi connectivity index (χ0n) is 29.8. The molecule has 5 fully saturated rings. The van der Waals surface area contributed by atoms with Crippen molar-refractivity contribution < 1.29 is 19.4 Å². The van der Waals surface area contributed by atoms with Crippen molar-refractivity contribution in [2.45, 2.75) is 98.5 Å². The Labute approximate surface area is 278 Å². The number of carbonyl (C=O) groups excluding carboxylic acids is 1. The number of hydrogen-bond acceptors (Lipinski definition) is 5. The molecule has 0 amide bonds. The van der Waals surface area contributed by atoms with E-state index in [9.17, 15) is 9.90 Å². The molecule has 1 N–H and O–H groups in total. The standard InChI is InChI=1S/C41H61NO4/c1-36(2)19-20-40(35(43)45-7)18-15-31-30(32(40)26-36)13-14-34-38(31,5)17-16-33-37(3,4)41(44,28-11-9-8-10-12-28)29(25-39(33,34)6)27-42-21-23-46-24-22-42/h8-14,29-34,44H,15-27H2,1-7H3/t29?,30?,31?,32?,33?,34?,38-,39-,40+,41-/m0/s1. The second-order valence-electron chi connectivity index (χ2n) is 18.5. The average molecular weight is 632 g/mol. The summed E-state index contributed by atoms with van der Waals surface area (Å²) in [6.45, 7) is 19.2. The van der Waals surface area contributed by atoms with E-state index in [-0.39, 0.29) is 39.0 Å². The summed E-state index contributed by atoms with van der Waals surface area (Å²) >= 11 is 0. The Balaban J connectivity index is 1.29. The van der Waals surface area contributed by atoms with E-state index in [0.29, 0.717) is 29.6 Å². The van der Waals surface area contributed by atoms with Crippen molar-refractivity contribution in [3.8, 4) is 0 Å². The lowest BCUT2D eigenvalue weighted by molar-refractivity contribution is -0.257. The van der Waals surface area contributed by atoms with Crippen molar-refractivity contribution in [3.05, 3.63) is 48.0 Å². The summed E-state index contributed by atoms with van der Waals surface area (Å²) in [4.78, 5) is 16.1. The lowest BCUT2D eigenvalue weighted by Crippen LogP contribution is -2.68. The van der Waals surface area contributed by atoms with Gasteiger partial charge in [-0.2, -0.15) is 0 Å². The number of allylic oxidation sites excluding steroid dienone is 2. The van der Waals surface area contributed by atoms with Gasteiger partial charge in [-0.3, -0.25) is 9.69 Å². The molecule has 1 aromatic rings. The lowest BCUT2D eigenvalue weighted by Gasteiger charge is -2.71. The molecule has 0 bridgehead atoms. The minimum atomic E-state index is -0.913. The van der Waals surface area contributed by atoms with Crippen LogP contribution in [0.2, 0.25) is 0 Å².